The lowest BCUT2D eigenvalue weighted by atomic mass is 10.3. The molecule has 0 aromatic rings. The molecule has 4 nitrogen and oxygen atoms in total. The van der Waals surface area contributed by atoms with E-state index >= 15 is 0 Å². The molecule has 0 aliphatic heterocycles. The Morgan fingerprint density at radius 3 is 2.25 bits per heavy atom. The summed E-state index contributed by atoms with van der Waals surface area (Å²) in [6, 6.07) is 0. The fourth-order valence-corrected chi connectivity index (χ4v) is 0.487. The highest BCUT2D eigenvalue weighted by atomic mass is 79.9. The van der Waals surface area contributed by atoms with Gasteiger partial charge in [0.15, 0.2) is 0 Å². The van der Waals surface area contributed by atoms with Crippen molar-refractivity contribution in [3.05, 3.63) is 0 Å². The van der Waals surface area contributed by atoms with Crippen LogP contribution in [0.2, 0.25) is 0 Å². The summed E-state index contributed by atoms with van der Waals surface area (Å²) in [4.78, 5) is 31.2. The predicted molar refractivity (Wildman–Crippen MR) is 44.8 cm³/mol. The maximum atomic E-state index is 10.8. The van der Waals surface area contributed by atoms with Gasteiger partial charge >= 0.3 is 11.9 Å². The molecule has 1 atom stereocenters. The van der Waals surface area contributed by atoms with E-state index in [1.54, 1.807) is 6.92 Å². The first-order valence-electron chi connectivity index (χ1n) is 3.39. The standard InChI is InChI=1S/C7H9BrO4/c1-3-5(8)7(11)12-6(10)4(2)9/h5H,3H2,1-2H3. The van der Waals surface area contributed by atoms with E-state index in [0.717, 1.165) is 6.92 Å². The smallest absolute Gasteiger partial charge is 0.381 e. The Bertz CT molecular complexity index is 211. The molecule has 0 rings (SSSR count). The van der Waals surface area contributed by atoms with E-state index in [0.29, 0.717) is 6.42 Å². The molecule has 0 saturated carbocycles. The zero-order chi connectivity index (χ0) is 9.72. The Kier molecular flexibility index (Phi) is 4.73. The fourth-order valence-electron chi connectivity index (χ4n) is 0.394. The molecule has 68 valence electrons. The molecule has 0 aliphatic rings. The van der Waals surface area contributed by atoms with Crippen LogP contribution in [0.15, 0.2) is 0 Å². The number of carbonyl (C=O) groups excluding carboxylic acids is 3. The molecule has 0 saturated heterocycles. The van der Waals surface area contributed by atoms with Crippen molar-refractivity contribution < 1.29 is 19.1 Å². The number of esters is 2. The first-order valence-corrected chi connectivity index (χ1v) is 4.31. The fraction of sp³-hybridized carbons (Fsp3) is 0.571. The van der Waals surface area contributed by atoms with Crippen molar-refractivity contribution in [3.8, 4) is 0 Å². The second kappa shape index (κ2) is 5.03. The summed E-state index contributed by atoms with van der Waals surface area (Å²) >= 11 is 2.98. The first-order chi connectivity index (χ1) is 5.49. The van der Waals surface area contributed by atoms with Gasteiger partial charge in [0, 0.05) is 6.92 Å². The van der Waals surface area contributed by atoms with Crippen LogP contribution in [0.4, 0.5) is 0 Å². The molecule has 0 amide bonds. The molecule has 0 aromatic carbocycles. The Morgan fingerprint density at radius 1 is 1.42 bits per heavy atom. The number of ether oxygens (including phenoxy) is 1. The molecule has 0 radical (unpaired) electrons. The van der Waals surface area contributed by atoms with E-state index in [1.165, 1.54) is 0 Å². The van der Waals surface area contributed by atoms with E-state index in [9.17, 15) is 14.4 Å². The van der Waals surface area contributed by atoms with Gasteiger partial charge in [-0.25, -0.2) is 4.79 Å². The quantitative estimate of drug-likeness (QED) is 0.315. The highest BCUT2D eigenvalue weighted by Gasteiger charge is 2.20. The number of hydrogen-bond acceptors (Lipinski definition) is 4. The number of ketones is 1. The molecule has 0 spiro atoms. The first kappa shape index (κ1) is 11.3. The Morgan fingerprint density at radius 2 is 1.92 bits per heavy atom. The minimum Gasteiger partial charge on any atom is -0.386 e. The van der Waals surface area contributed by atoms with Crippen molar-refractivity contribution in [2.75, 3.05) is 0 Å². The van der Waals surface area contributed by atoms with Crippen molar-refractivity contribution >= 4 is 33.7 Å². The van der Waals surface area contributed by atoms with Crippen LogP contribution >= 0.6 is 15.9 Å². The third-order valence-corrected chi connectivity index (χ3v) is 2.12. The average Bonchev–Trinajstić information content (AvgIpc) is 2.02. The molecule has 0 N–H and O–H groups in total. The van der Waals surface area contributed by atoms with Crippen LogP contribution in [0.3, 0.4) is 0 Å². The van der Waals surface area contributed by atoms with Crippen LogP contribution in [0.5, 0.6) is 0 Å². The molecule has 0 fully saturated rings. The lowest BCUT2D eigenvalue weighted by Gasteiger charge is -2.03. The molecule has 0 aromatic heterocycles. The Labute approximate surface area is 78.4 Å². The lowest BCUT2D eigenvalue weighted by Crippen LogP contribution is -2.24. The summed E-state index contributed by atoms with van der Waals surface area (Å²) < 4.78 is 4.19. The van der Waals surface area contributed by atoms with Crippen molar-refractivity contribution in [3.63, 3.8) is 0 Å². The largest absolute Gasteiger partial charge is 0.386 e. The maximum Gasteiger partial charge on any atom is 0.381 e. The van der Waals surface area contributed by atoms with Gasteiger partial charge in [0.05, 0.1) is 0 Å². The molecule has 0 bridgehead atoms. The monoisotopic (exact) mass is 236 g/mol. The van der Waals surface area contributed by atoms with E-state index in [4.69, 9.17) is 0 Å². The van der Waals surface area contributed by atoms with Crippen LogP contribution < -0.4 is 0 Å². The zero-order valence-corrected chi connectivity index (χ0v) is 8.38. The van der Waals surface area contributed by atoms with Crippen molar-refractivity contribution in [2.24, 2.45) is 0 Å². The van der Waals surface area contributed by atoms with Crippen molar-refractivity contribution in [1.29, 1.82) is 0 Å². The van der Waals surface area contributed by atoms with Gasteiger partial charge in [0.2, 0.25) is 5.78 Å². The third-order valence-electron chi connectivity index (χ3n) is 1.09. The van der Waals surface area contributed by atoms with E-state index in [1.807, 2.05) is 0 Å². The number of Topliss-reactive ketones (excluding diaryl/α,β-unsaturated/α-hetero) is 1. The van der Waals surface area contributed by atoms with Gasteiger partial charge in [-0.2, -0.15) is 0 Å². The molecular formula is C7H9BrO4. The average molecular weight is 237 g/mol. The molecule has 5 heteroatoms. The van der Waals surface area contributed by atoms with E-state index < -0.39 is 22.5 Å². The molecule has 0 heterocycles. The maximum absolute atomic E-state index is 10.8. The third kappa shape index (κ3) is 3.61. The van der Waals surface area contributed by atoms with Crippen LogP contribution in [-0.4, -0.2) is 22.5 Å². The second-order valence-corrected chi connectivity index (χ2v) is 3.25. The van der Waals surface area contributed by atoms with Crippen LogP contribution in [0.25, 0.3) is 0 Å². The SMILES string of the molecule is CCC(Br)C(=O)OC(=O)C(C)=O. The van der Waals surface area contributed by atoms with Gasteiger partial charge in [0.1, 0.15) is 4.83 Å². The predicted octanol–water partition coefficient (Wildman–Crippen LogP) is 0.819. The second-order valence-electron chi connectivity index (χ2n) is 2.14. The zero-order valence-electron chi connectivity index (χ0n) is 6.80. The minimum absolute atomic E-state index is 0.504. The van der Waals surface area contributed by atoms with Gasteiger partial charge in [-0.1, -0.05) is 22.9 Å². The topological polar surface area (TPSA) is 60.4 Å². The number of carbonyl (C=O) groups is 3. The molecule has 1 unspecified atom stereocenters. The summed E-state index contributed by atoms with van der Waals surface area (Å²) in [5.41, 5.74) is 0. The molecular weight excluding hydrogens is 228 g/mol. The number of alkyl halides is 1. The highest BCUT2D eigenvalue weighted by molar-refractivity contribution is 9.10. The van der Waals surface area contributed by atoms with Gasteiger partial charge in [-0.3, -0.25) is 9.59 Å². The van der Waals surface area contributed by atoms with E-state index in [-0.39, 0.29) is 0 Å². The van der Waals surface area contributed by atoms with Gasteiger partial charge in [0.25, 0.3) is 0 Å². The van der Waals surface area contributed by atoms with E-state index in [2.05, 4.69) is 20.7 Å². The Hall–Kier alpha value is -0.710. The summed E-state index contributed by atoms with van der Waals surface area (Å²) in [7, 11) is 0. The van der Waals surface area contributed by atoms with Crippen LogP contribution in [-0.2, 0) is 19.1 Å². The van der Waals surface area contributed by atoms with Gasteiger partial charge in [-0.15, -0.1) is 0 Å². The number of halogens is 1. The highest BCUT2D eigenvalue weighted by Crippen LogP contribution is 2.06. The van der Waals surface area contributed by atoms with Gasteiger partial charge < -0.3 is 4.74 Å². The summed E-state index contributed by atoms with van der Waals surface area (Å²) in [6.07, 6.45) is 0.504. The molecule has 12 heavy (non-hydrogen) atoms. The molecule has 0 aliphatic carbocycles. The van der Waals surface area contributed by atoms with Crippen LogP contribution in [0, 0.1) is 0 Å². The summed E-state index contributed by atoms with van der Waals surface area (Å²) in [5.74, 6) is -2.62. The minimum atomic E-state index is -1.11. The van der Waals surface area contributed by atoms with Crippen LogP contribution in [0.1, 0.15) is 20.3 Å². The summed E-state index contributed by atoms with van der Waals surface area (Å²) in [5, 5.41) is 0. The number of rotatable bonds is 3. The Balaban J connectivity index is 4.01. The van der Waals surface area contributed by atoms with Crippen molar-refractivity contribution in [1.82, 2.24) is 0 Å². The lowest BCUT2D eigenvalue weighted by molar-refractivity contribution is -0.163. The van der Waals surface area contributed by atoms with Crippen molar-refractivity contribution in [2.45, 2.75) is 25.1 Å². The normalized spacial score (nSPS) is 11.9. The number of hydrogen-bond donors (Lipinski definition) is 0. The van der Waals surface area contributed by atoms with Gasteiger partial charge in [-0.05, 0) is 6.42 Å². The summed E-state index contributed by atoms with van der Waals surface area (Å²) in [6.45, 7) is 2.80.